The monoisotopic (exact) mass is 416 g/mol. The largest absolute Gasteiger partial charge is 0.478 e. The van der Waals surface area contributed by atoms with Crippen LogP contribution in [0, 0.1) is 5.82 Å². The molecule has 152 valence electrons. The van der Waals surface area contributed by atoms with Gasteiger partial charge in [0.2, 0.25) is 5.91 Å². The van der Waals surface area contributed by atoms with Crippen LogP contribution in [0.1, 0.15) is 28.4 Å². The summed E-state index contributed by atoms with van der Waals surface area (Å²) in [6.07, 6.45) is 2.92. The Morgan fingerprint density at radius 3 is 2.59 bits per heavy atom. The fraction of sp³-hybridized carbons (Fsp3) is 0.273. The van der Waals surface area contributed by atoms with Gasteiger partial charge in [-0.15, -0.1) is 0 Å². The molecule has 1 fully saturated rings. The van der Waals surface area contributed by atoms with Crippen LogP contribution in [0.5, 0.6) is 0 Å². The Morgan fingerprint density at radius 2 is 1.93 bits per heavy atom. The van der Waals surface area contributed by atoms with Gasteiger partial charge >= 0.3 is 5.97 Å². The maximum atomic E-state index is 13.0. The van der Waals surface area contributed by atoms with Crippen molar-refractivity contribution in [1.29, 1.82) is 0 Å². The van der Waals surface area contributed by atoms with Crippen LogP contribution in [0.2, 0.25) is 5.02 Å². The summed E-state index contributed by atoms with van der Waals surface area (Å²) in [4.78, 5) is 28.0. The van der Waals surface area contributed by atoms with Crippen molar-refractivity contribution in [1.82, 2.24) is 9.80 Å². The first-order valence-electron chi connectivity index (χ1n) is 9.32. The van der Waals surface area contributed by atoms with Crippen molar-refractivity contribution < 1.29 is 19.1 Å². The van der Waals surface area contributed by atoms with E-state index in [1.165, 1.54) is 30.4 Å². The van der Waals surface area contributed by atoms with Crippen LogP contribution in [0.4, 0.5) is 4.39 Å². The number of hydrogen-bond donors (Lipinski definition) is 1. The Kier molecular flexibility index (Phi) is 6.67. The minimum atomic E-state index is -1.10. The van der Waals surface area contributed by atoms with Crippen LogP contribution in [0.25, 0.3) is 6.08 Å². The second kappa shape index (κ2) is 9.20. The number of carbonyl (C=O) groups is 2. The third kappa shape index (κ3) is 5.43. The number of benzene rings is 2. The zero-order valence-corrected chi connectivity index (χ0v) is 16.8. The Morgan fingerprint density at radius 1 is 1.21 bits per heavy atom. The molecule has 1 heterocycles. The van der Waals surface area contributed by atoms with Crippen LogP contribution < -0.4 is 0 Å². The summed E-state index contributed by atoms with van der Waals surface area (Å²) in [6, 6.07) is 11.0. The number of piperazine rings is 1. The van der Waals surface area contributed by atoms with E-state index in [0.717, 1.165) is 5.56 Å². The smallest absolute Gasteiger partial charge is 0.336 e. The van der Waals surface area contributed by atoms with Gasteiger partial charge in [-0.2, -0.15) is 0 Å². The van der Waals surface area contributed by atoms with Gasteiger partial charge in [0.25, 0.3) is 0 Å². The summed E-state index contributed by atoms with van der Waals surface area (Å²) in [5.41, 5.74) is 1.51. The molecular weight excluding hydrogens is 395 g/mol. The van der Waals surface area contributed by atoms with Gasteiger partial charge in [0.1, 0.15) is 5.82 Å². The summed E-state index contributed by atoms with van der Waals surface area (Å²) in [5, 5.41) is 9.63. The number of carbonyl (C=O) groups excluding carboxylic acids is 1. The summed E-state index contributed by atoms with van der Waals surface area (Å²) < 4.78 is 13.0. The van der Waals surface area contributed by atoms with E-state index in [2.05, 4.69) is 4.90 Å². The quantitative estimate of drug-likeness (QED) is 0.750. The number of amides is 1. The highest BCUT2D eigenvalue weighted by Gasteiger charge is 2.26. The number of hydrogen-bond acceptors (Lipinski definition) is 3. The first kappa shape index (κ1) is 21.0. The number of halogens is 2. The summed E-state index contributed by atoms with van der Waals surface area (Å²) in [7, 11) is 0. The molecule has 0 spiro atoms. The van der Waals surface area contributed by atoms with E-state index in [-0.39, 0.29) is 23.3 Å². The average molecular weight is 417 g/mol. The van der Waals surface area contributed by atoms with Crippen molar-refractivity contribution in [2.45, 2.75) is 19.5 Å². The fourth-order valence-corrected chi connectivity index (χ4v) is 3.64. The molecule has 0 aromatic heterocycles. The van der Waals surface area contributed by atoms with Crippen molar-refractivity contribution in [3.63, 3.8) is 0 Å². The molecule has 7 heteroatoms. The average Bonchev–Trinajstić information content (AvgIpc) is 2.68. The topological polar surface area (TPSA) is 60.9 Å². The van der Waals surface area contributed by atoms with Gasteiger partial charge in [-0.1, -0.05) is 29.8 Å². The molecule has 1 aliphatic heterocycles. The Hall–Kier alpha value is -2.70. The highest BCUT2D eigenvalue weighted by molar-refractivity contribution is 6.31. The molecule has 29 heavy (non-hydrogen) atoms. The molecule has 1 aliphatic rings. The maximum Gasteiger partial charge on any atom is 0.336 e. The van der Waals surface area contributed by atoms with Crippen LogP contribution in [0.3, 0.4) is 0 Å². The number of carboxylic acids is 1. The Bertz CT molecular complexity index is 930. The van der Waals surface area contributed by atoms with E-state index in [1.54, 1.807) is 29.2 Å². The predicted molar refractivity (Wildman–Crippen MR) is 110 cm³/mol. The molecule has 1 unspecified atom stereocenters. The van der Waals surface area contributed by atoms with Crippen molar-refractivity contribution in [2.24, 2.45) is 0 Å². The van der Waals surface area contributed by atoms with Gasteiger partial charge in [-0.05, 0) is 48.4 Å². The van der Waals surface area contributed by atoms with Crippen LogP contribution in [-0.4, -0.2) is 52.5 Å². The molecular formula is C22H22ClFN2O3. The molecule has 0 radical (unpaired) electrons. The third-order valence-corrected chi connectivity index (χ3v) is 5.20. The van der Waals surface area contributed by atoms with E-state index in [0.29, 0.717) is 36.8 Å². The maximum absolute atomic E-state index is 13.0. The highest BCUT2D eigenvalue weighted by Crippen LogP contribution is 2.19. The predicted octanol–water partition coefficient (Wildman–Crippen LogP) is 3.92. The lowest BCUT2D eigenvalue weighted by Gasteiger charge is -2.39. The molecule has 0 saturated carbocycles. The zero-order chi connectivity index (χ0) is 21.0. The van der Waals surface area contributed by atoms with E-state index in [1.807, 2.05) is 6.92 Å². The second-order valence-corrected chi connectivity index (χ2v) is 7.55. The van der Waals surface area contributed by atoms with Gasteiger partial charge in [-0.25, -0.2) is 9.18 Å². The summed E-state index contributed by atoms with van der Waals surface area (Å²) in [6.45, 7) is 4.67. The molecule has 1 saturated heterocycles. The zero-order valence-electron chi connectivity index (χ0n) is 16.0. The lowest BCUT2D eigenvalue weighted by molar-refractivity contribution is -0.130. The van der Waals surface area contributed by atoms with E-state index in [4.69, 9.17) is 11.6 Å². The molecule has 2 aromatic rings. The number of rotatable bonds is 5. The fourth-order valence-electron chi connectivity index (χ4n) is 3.47. The van der Waals surface area contributed by atoms with Crippen LogP contribution >= 0.6 is 11.6 Å². The first-order chi connectivity index (χ1) is 13.8. The van der Waals surface area contributed by atoms with E-state index >= 15 is 0 Å². The normalized spacial score (nSPS) is 17.6. The molecule has 3 rings (SSSR count). The van der Waals surface area contributed by atoms with Gasteiger partial charge in [0.05, 0.1) is 5.56 Å². The minimum absolute atomic E-state index is 0.00510. The number of aromatic carboxylic acids is 1. The third-order valence-electron chi connectivity index (χ3n) is 4.97. The van der Waals surface area contributed by atoms with Crippen molar-refractivity contribution >= 4 is 29.6 Å². The van der Waals surface area contributed by atoms with E-state index < -0.39 is 5.97 Å². The van der Waals surface area contributed by atoms with E-state index in [9.17, 15) is 19.1 Å². The van der Waals surface area contributed by atoms with Crippen molar-refractivity contribution in [2.75, 3.05) is 19.6 Å². The summed E-state index contributed by atoms with van der Waals surface area (Å²) >= 11 is 5.86. The molecule has 1 amide bonds. The molecule has 0 bridgehead atoms. The lowest BCUT2D eigenvalue weighted by atomic mass is 10.1. The van der Waals surface area contributed by atoms with Gasteiger partial charge in [0.15, 0.2) is 0 Å². The van der Waals surface area contributed by atoms with Crippen LogP contribution in [-0.2, 0) is 11.3 Å². The molecule has 5 nitrogen and oxygen atoms in total. The molecule has 0 aliphatic carbocycles. The van der Waals surface area contributed by atoms with Gasteiger partial charge < -0.3 is 10.0 Å². The Labute approximate surface area is 174 Å². The van der Waals surface area contributed by atoms with Gasteiger partial charge in [-0.3, -0.25) is 9.69 Å². The first-order valence-corrected chi connectivity index (χ1v) is 9.69. The van der Waals surface area contributed by atoms with Crippen molar-refractivity contribution in [3.8, 4) is 0 Å². The summed E-state index contributed by atoms with van der Waals surface area (Å²) in [5.74, 6) is -1.51. The molecule has 1 N–H and O–H groups in total. The Balaban J connectivity index is 1.62. The molecule has 2 aromatic carbocycles. The van der Waals surface area contributed by atoms with Crippen LogP contribution in [0.15, 0.2) is 48.5 Å². The lowest BCUT2D eigenvalue weighted by Crippen LogP contribution is -2.53. The second-order valence-electron chi connectivity index (χ2n) is 7.11. The SMILES string of the molecule is CC1CN(Cc2ccc(F)cc2)CCN1C(=O)/C=C/c1ccc(Cl)cc1C(=O)O. The highest BCUT2D eigenvalue weighted by atomic mass is 35.5. The van der Waals surface area contributed by atoms with Crippen molar-refractivity contribution in [3.05, 3.63) is 76.1 Å². The number of carboxylic acid groups (broad SMARTS) is 1. The standard InChI is InChI=1S/C22H22ClFN2O3/c1-15-13-25(14-16-2-7-19(24)8-3-16)10-11-26(15)21(27)9-5-17-4-6-18(23)12-20(17)22(28)29/h2-9,12,15H,10-11,13-14H2,1H3,(H,28,29)/b9-5+. The number of nitrogens with zero attached hydrogens (tertiary/aromatic N) is 2. The molecule has 1 atom stereocenters. The van der Waals surface area contributed by atoms with Gasteiger partial charge in [0, 0.05) is 43.3 Å². The minimum Gasteiger partial charge on any atom is -0.478 e.